The Morgan fingerprint density at radius 3 is 1.35 bits per heavy atom. The van der Waals surface area contributed by atoms with Crippen LogP contribution in [0.15, 0.2) is 134 Å². The second-order valence-corrected chi connectivity index (χ2v) is 19.9. The third kappa shape index (κ3) is 50.5. The van der Waals surface area contributed by atoms with E-state index in [1.54, 1.807) is 6.08 Å². The average molecular weight is 964 g/mol. The van der Waals surface area contributed by atoms with Crippen LogP contribution in [-0.2, 0) is 18.4 Å². The second kappa shape index (κ2) is 48.7. The van der Waals surface area contributed by atoms with Gasteiger partial charge in [0, 0.05) is 6.42 Å². The Balaban J connectivity index is 4.34. The molecule has 0 heterocycles. The van der Waals surface area contributed by atoms with Gasteiger partial charge in [0.25, 0.3) is 0 Å². The van der Waals surface area contributed by atoms with E-state index < -0.39 is 20.0 Å². The Hall–Kier alpha value is -3.36. The molecule has 0 bridgehead atoms. The van der Waals surface area contributed by atoms with E-state index in [1.807, 2.05) is 27.2 Å². The number of carbonyl (C=O) groups excluding carboxylic acids is 1. The van der Waals surface area contributed by atoms with Crippen molar-refractivity contribution < 1.29 is 32.9 Å². The van der Waals surface area contributed by atoms with Crippen LogP contribution in [0.2, 0.25) is 0 Å². The van der Waals surface area contributed by atoms with Crippen LogP contribution in [0.25, 0.3) is 0 Å². The van der Waals surface area contributed by atoms with E-state index in [9.17, 15) is 19.4 Å². The summed E-state index contributed by atoms with van der Waals surface area (Å²) >= 11 is 0. The molecule has 3 N–H and O–H groups in total. The predicted molar refractivity (Wildman–Crippen MR) is 294 cm³/mol. The first-order chi connectivity index (χ1) is 33.0. The van der Waals surface area contributed by atoms with Gasteiger partial charge in [-0.05, 0) is 109 Å². The number of phosphoric ester groups is 1. The van der Waals surface area contributed by atoms with Crippen LogP contribution in [0, 0.1) is 0 Å². The lowest BCUT2D eigenvalue weighted by Gasteiger charge is -2.25. The van der Waals surface area contributed by atoms with Gasteiger partial charge in [0.15, 0.2) is 0 Å². The van der Waals surface area contributed by atoms with Crippen molar-refractivity contribution in [2.75, 3.05) is 40.9 Å². The van der Waals surface area contributed by atoms with Gasteiger partial charge in [-0.2, -0.15) is 0 Å². The molecule has 3 unspecified atom stereocenters. The van der Waals surface area contributed by atoms with Crippen molar-refractivity contribution in [1.29, 1.82) is 0 Å². The fourth-order valence-electron chi connectivity index (χ4n) is 6.67. The van der Waals surface area contributed by atoms with E-state index in [1.165, 1.54) is 38.5 Å². The van der Waals surface area contributed by atoms with Crippen molar-refractivity contribution in [3.63, 3.8) is 0 Å². The molecule has 0 spiro atoms. The summed E-state index contributed by atoms with van der Waals surface area (Å²) in [7, 11) is 1.51. The fraction of sp³-hybridized carbons (Fsp3) is 0.610. The monoisotopic (exact) mass is 964 g/mol. The number of allylic oxidation sites excluding steroid dienone is 21. The van der Waals surface area contributed by atoms with Gasteiger partial charge in [-0.15, -0.1) is 0 Å². The Labute approximate surface area is 417 Å². The van der Waals surface area contributed by atoms with Gasteiger partial charge in [-0.1, -0.05) is 199 Å². The normalized spacial score (nSPS) is 15.1. The average Bonchev–Trinajstić information content (AvgIpc) is 3.30. The van der Waals surface area contributed by atoms with Crippen LogP contribution < -0.4 is 5.32 Å². The molecule has 8 nitrogen and oxygen atoms in total. The molecule has 0 aromatic carbocycles. The SMILES string of the molecule is CC/C=C\C/C=C\C/C=C\C/C=C\C/C=C\C/C=C\C/C=C\C/C=C\CCCCCCCCC(=O)NC(COP(=O)(O)OCC[N+](C)(C)C)C(O)/C=C/CC/C=C/CC/C=C/CCCCCCC. The number of carbonyl (C=O) groups is 1. The van der Waals surface area contributed by atoms with E-state index in [4.69, 9.17) is 9.05 Å². The van der Waals surface area contributed by atoms with Crippen LogP contribution in [-0.4, -0.2) is 73.4 Å². The van der Waals surface area contributed by atoms with Crippen LogP contribution in [0.5, 0.6) is 0 Å². The highest BCUT2D eigenvalue weighted by molar-refractivity contribution is 7.47. The molecular weight excluding hydrogens is 864 g/mol. The molecule has 0 radical (unpaired) electrons. The summed E-state index contributed by atoms with van der Waals surface area (Å²) in [6, 6.07) is -0.888. The second-order valence-electron chi connectivity index (χ2n) is 18.5. The molecular formula is C59H100N2O6P+. The van der Waals surface area contributed by atoms with Crippen molar-refractivity contribution in [1.82, 2.24) is 5.32 Å². The minimum Gasteiger partial charge on any atom is -0.387 e. The number of aliphatic hydroxyl groups excluding tert-OH is 1. The maximum Gasteiger partial charge on any atom is 0.472 e. The standard InChI is InChI=1S/C59H99N2O6P/c1-6-8-10-12-14-16-18-20-22-23-24-25-26-27-28-29-30-31-32-33-34-35-36-37-39-41-43-45-47-49-51-53-59(63)60-57(56-67-68(64,65)66-55-54-61(3,4)5)58(62)52-50-48-46-44-42-40-38-21-19-17-15-13-11-9-7-2/h8,10,14,16,19-22,24-25,27-28,30-31,33-34,36-37,42,44,50,52,57-58,62H,6-7,9,11-13,15,17-18,23,26,29,32,35,38-41,43,45-49,51,53-56H2,1-5H3,(H-,60,63,64,65)/p+1/b10-8-,16-14-,21-19+,22-20-,25-24-,28-27-,31-30-,34-33-,37-36-,44-42+,52-50+. The van der Waals surface area contributed by atoms with Gasteiger partial charge in [0.2, 0.25) is 5.91 Å². The molecule has 0 fully saturated rings. The minimum atomic E-state index is -4.37. The first-order valence-corrected chi connectivity index (χ1v) is 28.1. The van der Waals surface area contributed by atoms with Crippen molar-refractivity contribution in [3.8, 4) is 0 Å². The Kier molecular flexibility index (Phi) is 46.3. The zero-order valence-corrected chi connectivity index (χ0v) is 44.7. The zero-order chi connectivity index (χ0) is 49.9. The molecule has 68 heavy (non-hydrogen) atoms. The molecule has 0 aliphatic heterocycles. The molecule has 386 valence electrons. The summed E-state index contributed by atoms with van der Waals surface area (Å²) in [5, 5.41) is 13.8. The highest BCUT2D eigenvalue weighted by Crippen LogP contribution is 2.43. The molecule has 0 aromatic heterocycles. The van der Waals surface area contributed by atoms with Crippen LogP contribution in [0.1, 0.15) is 181 Å². The van der Waals surface area contributed by atoms with Crippen LogP contribution in [0.3, 0.4) is 0 Å². The third-order valence-electron chi connectivity index (χ3n) is 10.8. The van der Waals surface area contributed by atoms with Crippen molar-refractivity contribution in [2.24, 2.45) is 0 Å². The molecule has 0 saturated heterocycles. The van der Waals surface area contributed by atoms with Gasteiger partial charge < -0.3 is 19.8 Å². The highest BCUT2D eigenvalue weighted by Gasteiger charge is 2.27. The largest absolute Gasteiger partial charge is 0.472 e. The quantitative estimate of drug-likeness (QED) is 0.0243. The number of hydrogen-bond donors (Lipinski definition) is 3. The summed E-state index contributed by atoms with van der Waals surface area (Å²) in [4.78, 5) is 23.2. The van der Waals surface area contributed by atoms with Crippen molar-refractivity contribution in [3.05, 3.63) is 134 Å². The van der Waals surface area contributed by atoms with Gasteiger partial charge in [0.1, 0.15) is 13.2 Å². The number of rotatable bonds is 46. The summed E-state index contributed by atoms with van der Waals surface area (Å²) in [5.74, 6) is -0.213. The van der Waals surface area contributed by atoms with Gasteiger partial charge in [-0.3, -0.25) is 13.8 Å². The van der Waals surface area contributed by atoms with Crippen molar-refractivity contribution >= 4 is 13.7 Å². The minimum absolute atomic E-state index is 0.0425. The molecule has 0 aliphatic carbocycles. The number of hydrogen-bond acceptors (Lipinski definition) is 5. The predicted octanol–water partition coefficient (Wildman–Crippen LogP) is 16.0. The molecule has 0 saturated carbocycles. The first-order valence-electron chi connectivity index (χ1n) is 26.6. The topological polar surface area (TPSA) is 105 Å². The van der Waals surface area contributed by atoms with E-state index in [2.05, 4.69) is 141 Å². The Morgan fingerprint density at radius 2 is 0.897 bits per heavy atom. The van der Waals surface area contributed by atoms with Crippen molar-refractivity contribution in [2.45, 2.75) is 193 Å². The number of likely N-dealkylation sites (N-methyl/N-ethyl adjacent to an activating group) is 1. The smallest absolute Gasteiger partial charge is 0.387 e. The van der Waals surface area contributed by atoms with Crippen LogP contribution >= 0.6 is 7.82 Å². The maximum absolute atomic E-state index is 12.9. The Morgan fingerprint density at radius 1 is 0.515 bits per heavy atom. The lowest BCUT2D eigenvalue weighted by molar-refractivity contribution is -0.870. The Bertz CT molecular complexity index is 1560. The number of nitrogens with zero attached hydrogens (tertiary/aromatic N) is 1. The van der Waals surface area contributed by atoms with Crippen LogP contribution in [0.4, 0.5) is 0 Å². The number of quaternary nitrogens is 1. The van der Waals surface area contributed by atoms with Gasteiger partial charge in [-0.25, -0.2) is 4.57 Å². The first kappa shape index (κ1) is 64.6. The number of phosphoric acid groups is 1. The fourth-order valence-corrected chi connectivity index (χ4v) is 7.41. The molecule has 0 rings (SSSR count). The van der Waals surface area contributed by atoms with Gasteiger partial charge >= 0.3 is 7.82 Å². The molecule has 0 aliphatic rings. The summed E-state index contributed by atoms with van der Waals surface area (Å²) in [6.07, 6.45) is 74.0. The summed E-state index contributed by atoms with van der Waals surface area (Å²) in [5.41, 5.74) is 0. The number of nitrogens with one attached hydrogen (secondary N) is 1. The zero-order valence-electron chi connectivity index (χ0n) is 43.8. The summed E-state index contributed by atoms with van der Waals surface area (Å²) in [6.45, 7) is 4.61. The maximum atomic E-state index is 12.9. The molecule has 3 atom stereocenters. The number of unbranched alkanes of at least 4 members (excludes halogenated alkanes) is 13. The molecule has 1 amide bonds. The van der Waals surface area contributed by atoms with E-state index in [-0.39, 0.29) is 19.1 Å². The third-order valence-corrected chi connectivity index (χ3v) is 11.8. The number of aliphatic hydroxyl groups is 1. The van der Waals surface area contributed by atoms with E-state index in [0.717, 1.165) is 122 Å². The molecule has 0 aromatic rings. The summed E-state index contributed by atoms with van der Waals surface area (Å²) < 4.78 is 23.6. The van der Waals surface area contributed by atoms with E-state index >= 15 is 0 Å². The lowest BCUT2D eigenvalue weighted by Crippen LogP contribution is -2.45. The lowest BCUT2D eigenvalue weighted by atomic mass is 10.1. The number of amides is 1. The van der Waals surface area contributed by atoms with Gasteiger partial charge in [0.05, 0.1) is 39.9 Å². The highest BCUT2D eigenvalue weighted by atomic mass is 31.2. The molecule has 9 heteroatoms. The van der Waals surface area contributed by atoms with E-state index in [0.29, 0.717) is 17.4 Å².